The van der Waals surface area contributed by atoms with E-state index in [1.54, 1.807) is 0 Å². The van der Waals surface area contributed by atoms with Crippen LogP contribution in [0.1, 0.15) is 42.9 Å². The zero-order chi connectivity index (χ0) is 17.8. The summed E-state index contributed by atoms with van der Waals surface area (Å²) in [6.07, 6.45) is 5.01. The van der Waals surface area contributed by atoms with Gasteiger partial charge in [-0.05, 0) is 43.4 Å². The van der Waals surface area contributed by atoms with Gasteiger partial charge in [-0.1, -0.05) is 30.3 Å². The Labute approximate surface area is 155 Å². The second-order valence-corrected chi connectivity index (χ2v) is 7.30. The van der Waals surface area contributed by atoms with Crippen LogP contribution in [0, 0.1) is 0 Å². The Morgan fingerprint density at radius 2 is 1.73 bits per heavy atom. The summed E-state index contributed by atoms with van der Waals surface area (Å²) in [5.41, 5.74) is 2.43. The molecule has 0 unspecified atom stereocenters. The number of carbonyl (C=O) groups excluding carboxylic acids is 1. The third-order valence-electron chi connectivity index (χ3n) is 5.32. The van der Waals surface area contributed by atoms with Gasteiger partial charge in [0.15, 0.2) is 5.82 Å². The lowest BCUT2D eigenvalue weighted by Gasteiger charge is -2.35. The largest absolute Gasteiger partial charge is 0.352 e. The Morgan fingerprint density at radius 1 is 0.962 bits per heavy atom. The summed E-state index contributed by atoms with van der Waals surface area (Å²) in [4.78, 5) is 16.7. The first-order valence-electron chi connectivity index (χ1n) is 9.70. The van der Waals surface area contributed by atoms with Crippen LogP contribution in [0.3, 0.4) is 0 Å². The molecule has 1 amide bonds. The molecule has 4 rings (SSSR count). The molecule has 0 radical (unpaired) electrons. The monoisotopic (exact) mass is 350 g/mol. The number of aryl methyl sites for hydroxylation is 1. The topological polar surface area (TPSA) is 49.3 Å². The van der Waals surface area contributed by atoms with E-state index in [0.717, 1.165) is 50.5 Å². The fourth-order valence-corrected chi connectivity index (χ4v) is 3.53. The molecule has 1 saturated carbocycles. The van der Waals surface area contributed by atoms with E-state index < -0.39 is 0 Å². The van der Waals surface area contributed by atoms with Crippen LogP contribution in [-0.2, 0) is 11.2 Å². The van der Waals surface area contributed by atoms with E-state index in [4.69, 9.17) is 0 Å². The standard InChI is InChI=1S/C21H26N4O/c26-21(8-4-7-17-5-2-1-3-6-17)25-15-13-24(14-16-25)20-12-11-19(22-23-20)18-9-10-18/h1-3,5-6,11-12,18H,4,7-10,13-16H2. The molecule has 5 nitrogen and oxygen atoms in total. The van der Waals surface area contributed by atoms with Crippen molar-refractivity contribution in [2.24, 2.45) is 0 Å². The van der Waals surface area contributed by atoms with Crippen LogP contribution in [0.25, 0.3) is 0 Å². The molecular weight excluding hydrogens is 324 g/mol. The zero-order valence-electron chi connectivity index (χ0n) is 15.2. The van der Waals surface area contributed by atoms with Crippen molar-refractivity contribution in [2.75, 3.05) is 31.1 Å². The van der Waals surface area contributed by atoms with Gasteiger partial charge >= 0.3 is 0 Å². The van der Waals surface area contributed by atoms with E-state index in [1.165, 1.54) is 18.4 Å². The number of carbonyl (C=O) groups is 1. The van der Waals surface area contributed by atoms with Gasteiger partial charge in [0, 0.05) is 38.5 Å². The molecule has 1 aliphatic carbocycles. The zero-order valence-corrected chi connectivity index (χ0v) is 15.2. The van der Waals surface area contributed by atoms with E-state index in [1.807, 2.05) is 11.0 Å². The molecule has 136 valence electrons. The Morgan fingerprint density at radius 3 is 2.38 bits per heavy atom. The Kier molecular flexibility index (Phi) is 5.14. The lowest BCUT2D eigenvalue weighted by atomic mass is 10.1. The molecule has 0 N–H and O–H groups in total. The highest BCUT2D eigenvalue weighted by molar-refractivity contribution is 5.76. The molecule has 0 bridgehead atoms. The van der Waals surface area contributed by atoms with Gasteiger partial charge in [-0.3, -0.25) is 4.79 Å². The summed E-state index contributed by atoms with van der Waals surface area (Å²) in [7, 11) is 0. The number of piperazine rings is 1. The van der Waals surface area contributed by atoms with Gasteiger partial charge in [-0.2, -0.15) is 5.10 Å². The van der Waals surface area contributed by atoms with Crippen LogP contribution >= 0.6 is 0 Å². The molecule has 2 aromatic rings. The van der Waals surface area contributed by atoms with E-state index in [2.05, 4.69) is 51.5 Å². The molecule has 1 saturated heterocycles. The molecule has 0 atom stereocenters. The number of amides is 1. The predicted octanol–water partition coefficient (Wildman–Crippen LogP) is 3.03. The number of aromatic nitrogens is 2. The van der Waals surface area contributed by atoms with Crippen molar-refractivity contribution >= 4 is 11.7 Å². The van der Waals surface area contributed by atoms with Gasteiger partial charge < -0.3 is 9.80 Å². The molecular formula is C21H26N4O. The lowest BCUT2D eigenvalue weighted by molar-refractivity contribution is -0.131. The third kappa shape index (κ3) is 4.21. The molecule has 1 aromatic carbocycles. The van der Waals surface area contributed by atoms with Gasteiger partial charge in [0.25, 0.3) is 0 Å². The summed E-state index contributed by atoms with van der Waals surface area (Å²) >= 11 is 0. The maximum atomic E-state index is 12.4. The van der Waals surface area contributed by atoms with Gasteiger partial charge in [0.2, 0.25) is 5.91 Å². The molecule has 0 spiro atoms. The maximum Gasteiger partial charge on any atom is 0.222 e. The predicted molar refractivity (Wildman–Crippen MR) is 102 cm³/mol. The molecule has 26 heavy (non-hydrogen) atoms. The van der Waals surface area contributed by atoms with Crippen molar-refractivity contribution in [3.63, 3.8) is 0 Å². The maximum absolute atomic E-state index is 12.4. The van der Waals surface area contributed by atoms with Gasteiger partial charge in [0.1, 0.15) is 0 Å². The average Bonchev–Trinajstić information content (AvgIpc) is 3.54. The van der Waals surface area contributed by atoms with Crippen molar-refractivity contribution in [1.29, 1.82) is 0 Å². The number of rotatable bonds is 6. The minimum absolute atomic E-state index is 0.274. The van der Waals surface area contributed by atoms with E-state index >= 15 is 0 Å². The fourth-order valence-electron chi connectivity index (χ4n) is 3.53. The van der Waals surface area contributed by atoms with Gasteiger partial charge in [0.05, 0.1) is 5.69 Å². The highest BCUT2D eigenvalue weighted by Crippen LogP contribution is 2.38. The van der Waals surface area contributed by atoms with Crippen molar-refractivity contribution in [2.45, 2.75) is 38.0 Å². The Balaban J connectivity index is 1.21. The molecule has 2 aliphatic rings. The minimum Gasteiger partial charge on any atom is -0.352 e. The van der Waals surface area contributed by atoms with Crippen LogP contribution in [0.15, 0.2) is 42.5 Å². The second-order valence-electron chi connectivity index (χ2n) is 7.30. The van der Waals surface area contributed by atoms with E-state index in [-0.39, 0.29) is 5.91 Å². The van der Waals surface area contributed by atoms with Crippen molar-refractivity contribution in [3.05, 3.63) is 53.7 Å². The average molecular weight is 350 g/mol. The summed E-state index contributed by atoms with van der Waals surface area (Å²) in [6, 6.07) is 14.6. The minimum atomic E-state index is 0.274. The summed E-state index contributed by atoms with van der Waals surface area (Å²) in [5, 5.41) is 8.76. The number of nitrogens with zero attached hydrogens (tertiary/aromatic N) is 4. The first kappa shape index (κ1) is 17.0. The smallest absolute Gasteiger partial charge is 0.222 e. The molecule has 1 aromatic heterocycles. The normalized spacial score (nSPS) is 17.4. The highest BCUT2D eigenvalue weighted by Gasteiger charge is 2.26. The highest BCUT2D eigenvalue weighted by atomic mass is 16.2. The van der Waals surface area contributed by atoms with Crippen molar-refractivity contribution in [1.82, 2.24) is 15.1 Å². The first-order valence-corrected chi connectivity index (χ1v) is 9.70. The Bertz CT molecular complexity index is 719. The lowest BCUT2D eigenvalue weighted by Crippen LogP contribution is -2.49. The van der Waals surface area contributed by atoms with Crippen LogP contribution in [0.2, 0.25) is 0 Å². The quantitative estimate of drug-likeness (QED) is 0.803. The molecule has 2 heterocycles. The van der Waals surface area contributed by atoms with Gasteiger partial charge in [-0.15, -0.1) is 5.10 Å². The van der Waals surface area contributed by atoms with Crippen LogP contribution < -0.4 is 4.90 Å². The molecule has 2 fully saturated rings. The number of anilines is 1. The second kappa shape index (κ2) is 7.85. The SMILES string of the molecule is O=C(CCCc1ccccc1)N1CCN(c2ccc(C3CC3)nn2)CC1. The van der Waals surface area contributed by atoms with Crippen LogP contribution in [0.5, 0.6) is 0 Å². The molecule has 5 heteroatoms. The first-order chi connectivity index (χ1) is 12.8. The third-order valence-corrected chi connectivity index (χ3v) is 5.32. The van der Waals surface area contributed by atoms with Crippen LogP contribution in [0.4, 0.5) is 5.82 Å². The van der Waals surface area contributed by atoms with Gasteiger partial charge in [-0.25, -0.2) is 0 Å². The number of hydrogen-bond acceptors (Lipinski definition) is 4. The fraction of sp³-hybridized carbons (Fsp3) is 0.476. The number of hydrogen-bond donors (Lipinski definition) is 0. The van der Waals surface area contributed by atoms with Crippen molar-refractivity contribution < 1.29 is 4.79 Å². The summed E-state index contributed by atoms with van der Waals surface area (Å²) < 4.78 is 0. The van der Waals surface area contributed by atoms with Crippen LogP contribution in [-0.4, -0.2) is 47.2 Å². The van der Waals surface area contributed by atoms with E-state index in [9.17, 15) is 4.79 Å². The summed E-state index contributed by atoms with van der Waals surface area (Å²) in [5.74, 6) is 1.85. The Hall–Kier alpha value is -2.43. The molecule has 1 aliphatic heterocycles. The van der Waals surface area contributed by atoms with Crippen molar-refractivity contribution in [3.8, 4) is 0 Å². The number of benzene rings is 1. The summed E-state index contributed by atoms with van der Waals surface area (Å²) in [6.45, 7) is 3.22. The van der Waals surface area contributed by atoms with E-state index in [0.29, 0.717) is 12.3 Å².